The van der Waals surface area contributed by atoms with Crippen LogP contribution in [0.3, 0.4) is 0 Å². The first-order valence-corrected chi connectivity index (χ1v) is 3.86. The van der Waals surface area contributed by atoms with E-state index < -0.39 is 28.2 Å². The molecule has 0 spiro atoms. The highest BCUT2D eigenvalue weighted by atomic mass is 19.3. The van der Waals surface area contributed by atoms with Crippen molar-refractivity contribution in [3.8, 4) is 0 Å². The Hall–Kier alpha value is -1.83. The Kier molecular flexibility index (Phi) is 3.10. The maximum Gasteiger partial charge on any atom is 0.341 e. The first-order valence-electron chi connectivity index (χ1n) is 3.86. The molecule has 0 unspecified atom stereocenters. The lowest BCUT2D eigenvalue weighted by Gasteiger charge is -2.03. The average Bonchev–Trinajstić information content (AvgIpc) is 2.15. The second-order valence-corrected chi connectivity index (χ2v) is 2.68. The number of nitrogens with one attached hydrogen (secondary N) is 1. The minimum atomic E-state index is -3.12. The zero-order chi connectivity index (χ0) is 11.6. The monoisotopic (exact) mass is 219 g/mol. The van der Waals surface area contributed by atoms with Crippen LogP contribution in [-0.4, -0.2) is 9.91 Å². The fraction of sp³-hybridized carbons (Fsp3) is 0.286. The van der Waals surface area contributed by atoms with Crippen molar-refractivity contribution in [3.05, 3.63) is 37.8 Å². The summed E-state index contributed by atoms with van der Waals surface area (Å²) in [6, 6.07) is 0.837. The van der Waals surface area contributed by atoms with Crippen molar-refractivity contribution in [3.63, 3.8) is 0 Å². The van der Waals surface area contributed by atoms with Crippen molar-refractivity contribution >= 4 is 5.69 Å². The van der Waals surface area contributed by atoms with Gasteiger partial charge in [-0.25, -0.2) is 8.78 Å². The average molecular weight is 219 g/mol. The van der Waals surface area contributed by atoms with Crippen molar-refractivity contribution < 1.29 is 13.7 Å². The quantitative estimate of drug-likeness (QED) is 0.576. The molecule has 0 aliphatic carbocycles. The predicted octanol–water partition coefficient (Wildman–Crippen LogP) is 0.679. The van der Waals surface area contributed by atoms with E-state index in [0.29, 0.717) is 0 Å². The maximum absolute atomic E-state index is 12.4. The molecule has 0 fully saturated rings. The zero-order valence-electron chi connectivity index (χ0n) is 7.37. The molecule has 82 valence electrons. The summed E-state index contributed by atoms with van der Waals surface area (Å²) in [7, 11) is 0. The Bertz CT molecular complexity index is 444. The molecule has 0 aliphatic rings. The molecule has 1 rings (SSSR count). The summed E-state index contributed by atoms with van der Waals surface area (Å²) in [5, 5.41) is 10.4. The molecule has 0 aliphatic heterocycles. The number of H-pyrrole nitrogens is 1. The van der Waals surface area contributed by atoms with E-state index in [-0.39, 0.29) is 12.2 Å². The zero-order valence-corrected chi connectivity index (χ0v) is 7.37. The molecule has 0 saturated carbocycles. The standard InChI is InChI=1S/C7H7F2N3O3/c8-7(9)5-6(12(14)15)4(13)1-3(2-10)11-5/h1,7H,2,10H2,(H,11,13). The summed E-state index contributed by atoms with van der Waals surface area (Å²) in [6.07, 6.45) is -3.12. The molecule has 3 N–H and O–H groups in total. The third-order valence-corrected chi connectivity index (χ3v) is 1.71. The molecule has 0 amide bonds. The van der Waals surface area contributed by atoms with Crippen LogP contribution in [0.25, 0.3) is 0 Å². The van der Waals surface area contributed by atoms with Crippen molar-refractivity contribution in [1.29, 1.82) is 0 Å². The maximum atomic E-state index is 12.4. The molecule has 0 radical (unpaired) electrons. The molecule has 0 saturated heterocycles. The lowest BCUT2D eigenvalue weighted by Crippen LogP contribution is -2.16. The third kappa shape index (κ3) is 2.15. The molecule has 1 aromatic heterocycles. The number of rotatable bonds is 3. The van der Waals surface area contributed by atoms with E-state index in [9.17, 15) is 23.7 Å². The molecule has 1 heterocycles. The predicted molar refractivity (Wildman–Crippen MR) is 46.6 cm³/mol. The smallest absolute Gasteiger partial charge is 0.341 e. The number of hydrogen-bond donors (Lipinski definition) is 2. The van der Waals surface area contributed by atoms with Gasteiger partial charge in [0.2, 0.25) is 0 Å². The topological polar surface area (TPSA) is 102 Å². The number of nitro groups is 1. The number of aromatic nitrogens is 1. The van der Waals surface area contributed by atoms with Gasteiger partial charge in [0.1, 0.15) is 0 Å². The minimum absolute atomic E-state index is 0.0286. The number of aromatic amines is 1. The highest BCUT2D eigenvalue weighted by molar-refractivity contribution is 5.37. The van der Waals surface area contributed by atoms with E-state index in [1.165, 1.54) is 0 Å². The Morgan fingerprint density at radius 1 is 1.60 bits per heavy atom. The molecule has 0 bridgehead atoms. The van der Waals surface area contributed by atoms with Gasteiger partial charge in [0.25, 0.3) is 11.9 Å². The van der Waals surface area contributed by atoms with Gasteiger partial charge in [0, 0.05) is 18.3 Å². The van der Waals surface area contributed by atoms with Crippen molar-refractivity contribution in [2.75, 3.05) is 0 Å². The number of nitrogens with two attached hydrogens (primary N) is 1. The van der Waals surface area contributed by atoms with E-state index in [0.717, 1.165) is 6.07 Å². The molecule has 8 heteroatoms. The lowest BCUT2D eigenvalue weighted by atomic mass is 10.2. The normalized spacial score (nSPS) is 10.7. The van der Waals surface area contributed by atoms with Gasteiger partial charge in [-0.2, -0.15) is 0 Å². The molecule has 6 nitrogen and oxygen atoms in total. The number of hydrogen-bond acceptors (Lipinski definition) is 4. The summed E-state index contributed by atoms with van der Waals surface area (Å²) < 4.78 is 24.7. The third-order valence-electron chi connectivity index (χ3n) is 1.71. The van der Waals surface area contributed by atoms with Crippen LogP contribution in [0.4, 0.5) is 14.5 Å². The summed E-state index contributed by atoms with van der Waals surface area (Å²) in [5.41, 5.74) is 1.94. The SMILES string of the molecule is NCc1cc(=O)c([N+](=O)[O-])c(C(F)F)[nH]1. The van der Waals surface area contributed by atoms with Gasteiger partial charge in [0.15, 0.2) is 5.69 Å². The lowest BCUT2D eigenvalue weighted by molar-refractivity contribution is -0.387. The molecule has 15 heavy (non-hydrogen) atoms. The van der Waals surface area contributed by atoms with E-state index in [2.05, 4.69) is 4.98 Å². The van der Waals surface area contributed by atoms with E-state index >= 15 is 0 Å². The number of nitrogens with zero attached hydrogens (tertiary/aromatic N) is 1. The highest BCUT2D eigenvalue weighted by Gasteiger charge is 2.26. The van der Waals surface area contributed by atoms with E-state index in [1.54, 1.807) is 0 Å². The van der Waals surface area contributed by atoms with Crippen molar-refractivity contribution in [2.24, 2.45) is 5.73 Å². The highest BCUT2D eigenvalue weighted by Crippen LogP contribution is 2.23. The first kappa shape index (κ1) is 11.2. The van der Waals surface area contributed by atoms with Crippen LogP contribution in [0.1, 0.15) is 17.8 Å². The number of halogens is 2. The molecular formula is C7H7F2N3O3. The van der Waals surface area contributed by atoms with E-state index in [1.807, 2.05) is 0 Å². The van der Waals surface area contributed by atoms with Crippen LogP contribution in [0.5, 0.6) is 0 Å². The Morgan fingerprint density at radius 2 is 2.20 bits per heavy atom. The molecular weight excluding hydrogens is 212 g/mol. The van der Waals surface area contributed by atoms with Gasteiger partial charge in [-0.15, -0.1) is 0 Å². The number of alkyl halides is 2. The van der Waals surface area contributed by atoms with Crippen LogP contribution < -0.4 is 11.2 Å². The fourth-order valence-corrected chi connectivity index (χ4v) is 1.08. The van der Waals surface area contributed by atoms with Gasteiger partial charge in [0.05, 0.1) is 4.92 Å². The summed E-state index contributed by atoms with van der Waals surface area (Å²) >= 11 is 0. The first-order chi connectivity index (χ1) is 6.97. The summed E-state index contributed by atoms with van der Waals surface area (Å²) in [4.78, 5) is 22.4. The van der Waals surface area contributed by atoms with Gasteiger partial charge in [-0.3, -0.25) is 14.9 Å². The van der Waals surface area contributed by atoms with Crippen molar-refractivity contribution in [1.82, 2.24) is 4.98 Å². The van der Waals surface area contributed by atoms with Crippen LogP contribution >= 0.6 is 0 Å². The summed E-state index contributed by atoms with van der Waals surface area (Å²) in [5.74, 6) is 0. The fourth-order valence-electron chi connectivity index (χ4n) is 1.08. The molecule has 0 aromatic carbocycles. The largest absolute Gasteiger partial charge is 0.351 e. The van der Waals surface area contributed by atoms with Crippen LogP contribution in [0.2, 0.25) is 0 Å². The number of pyridine rings is 1. The van der Waals surface area contributed by atoms with Gasteiger partial charge >= 0.3 is 5.69 Å². The second-order valence-electron chi connectivity index (χ2n) is 2.68. The molecule has 1 aromatic rings. The minimum Gasteiger partial charge on any atom is -0.351 e. The Morgan fingerprint density at radius 3 is 2.60 bits per heavy atom. The van der Waals surface area contributed by atoms with Crippen molar-refractivity contribution in [2.45, 2.75) is 13.0 Å². The van der Waals surface area contributed by atoms with Crippen LogP contribution in [-0.2, 0) is 6.54 Å². The van der Waals surface area contributed by atoms with Gasteiger partial charge in [-0.05, 0) is 0 Å². The van der Waals surface area contributed by atoms with E-state index in [4.69, 9.17) is 5.73 Å². The molecule has 0 atom stereocenters. The Labute approximate surface area is 81.9 Å². The Balaban J connectivity index is 3.50. The van der Waals surface area contributed by atoms with Gasteiger partial charge in [-0.1, -0.05) is 0 Å². The van der Waals surface area contributed by atoms with Crippen LogP contribution in [0.15, 0.2) is 10.9 Å². The summed E-state index contributed by atoms with van der Waals surface area (Å²) in [6.45, 7) is -0.174. The second kappa shape index (κ2) is 4.13. The van der Waals surface area contributed by atoms with Crippen LogP contribution in [0, 0.1) is 10.1 Å². The van der Waals surface area contributed by atoms with Gasteiger partial charge < -0.3 is 10.7 Å².